The van der Waals surface area contributed by atoms with Crippen molar-refractivity contribution in [2.45, 2.75) is 65.1 Å². The van der Waals surface area contributed by atoms with Crippen LogP contribution in [0.15, 0.2) is 29.4 Å². The Morgan fingerprint density at radius 2 is 2.06 bits per heavy atom. The number of rotatable bonds is 7. The van der Waals surface area contributed by atoms with Crippen molar-refractivity contribution in [1.82, 2.24) is 14.8 Å². The van der Waals surface area contributed by atoms with E-state index in [1.807, 2.05) is 49.7 Å². The highest BCUT2D eigenvalue weighted by Crippen LogP contribution is 2.44. The van der Waals surface area contributed by atoms with E-state index in [-0.39, 0.29) is 23.2 Å². The van der Waals surface area contributed by atoms with Crippen molar-refractivity contribution >= 4 is 34.0 Å². The predicted molar refractivity (Wildman–Crippen MR) is 145 cm³/mol. The van der Waals surface area contributed by atoms with E-state index >= 15 is 0 Å². The zero-order valence-electron chi connectivity index (χ0n) is 21.7. The van der Waals surface area contributed by atoms with E-state index in [2.05, 4.69) is 42.4 Å². The highest BCUT2D eigenvalue weighted by Gasteiger charge is 2.32. The Balaban J connectivity index is 1.38. The Labute approximate surface area is 221 Å². The summed E-state index contributed by atoms with van der Waals surface area (Å²) in [6.45, 7) is 10.8. The summed E-state index contributed by atoms with van der Waals surface area (Å²) >= 11 is 2.87. The lowest BCUT2D eigenvalue weighted by atomic mass is 9.72. The summed E-state index contributed by atoms with van der Waals surface area (Å²) in [6, 6.07) is 10.2. The smallest absolute Gasteiger partial charge is 0.235 e. The number of hydrogen-bond acceptors (Lipinski definition) is 7. The molecule has 0 radical (unpaired) electrons. The molecule has 1 N–H and O–H groups in total. The van der Waals surface area contributed by atoms with Crippen molar-refractivity contribution in [1.29, 1.82) is 5.26 Å². The zero-order chi connectivity index (χ0) is 26.0. The van der Waals surface area contributed by atoms with Crippen LogP contribution in [0.2, 0.25) is 0 Å². The van der Waals surface area contributed by atoms with Crippen LogP contribution in [0, 0.1) is 29.6 Å². The Morgan fingerprint density at radius 1 is 1.33 bits per heavy atom. The van der Waals surface area contributed by atoms with E-state index in [0.29, 0.717) is 27.5 Å². The van der Waals surface area contributed by atoms with Gasteiger partial charge in [-0.25, -0.2) is 0 Å². The molecule has 2 heterocycles. The maximum Gasteiger partial charge on any atom is 0.235 e. The maximum atomic E-state index is 12.8. The van der Waals surface area contributed by atoms with Crippen LogP contribution >= 0.6 is 23.1 Å². The molecular formula is C27H33N5O2S2. The maximum absolute atomic E-state index is 12.8. The molecule has 1 amide bonds. The summed E-state index contributed by atoms with van der Waals surface area (Å²) in [4.78, 5) is 14.0. The third-order valence-corrected chi connectivity index (χ3v) is 8.94. The summed E-state index contributed by atoms with van der Waals surface area (Å²) < 4.78 is 7.86. The lowest BCUT2D eigenvalue weighted by Crippen LogP contribution is -2.26. The standard InChI is InChI=1S/C27H33N5O2S2/c1-16-7-10-19(11-8-16)34-17(2)24-30-31-26(32(24)6)35-15-23(33)29-25-21(14-28)20-12-9-18(27(3,4)5)13-22(20)36-25/h7-8,10-11,17-18H,9,12-13,15H2,1-6H3,(H,29,33). The number of aromatic nitrogens is 3. The number of carbonyl (C=O) groups excluding carboxylic acids is 1. The van der Waals surface area contributed by atoms with Gasteiger partial charge in [0.05, 0.1) is 11.3 Å². The molecule has 0 aliphatic heterocycles. The first kappa shape index (κ1) is 26.2. The van der Waals surface area contributed by atoms with Gasteiger partial charge in [0.15, 0.2) is 17.1 Å². The molecule has 2 unspecified atom stereocenters. The molecule has 0 saturated carbocycles. The number of fused-ring (bicyclic) bond motifs is 1. The second kappa shape index (κ2) is 10.7. The lowest BCUT2D eigenvalue weighted by molar-refractivity contribution is -0.113. The molecule has 9 heteroatoms. The zero-order valence-corrected chi connectivity index (χ0v) is 23.3. The van der Waals surface area contributed by atoms with Gasteiger partial charge in [-0.15, -0.1) is 21.5 Å². The van der Waals surface area contributed by atoms with E-state index in [4.69, 9.17) is 4.74 Å². The number of hydrogen-bond donors (Lipinski definition) is 1. The third kappa shape index (κ3) is 5.76. The lowest BCUT2D eigenvalue weighted by Gasteiger charge is -2.33. The predicted octanol–water partition coefficient (Wildman–Crippen LogP) is 6.08. The molecular weight excluding hydrogens is 490 g/mol. The second-order valence-corrected chi connectivity index (χ2v) is 12.5. The molecule has 36 heavy (non-hydrogen) atoms. The van der Waals surface area contributed by atoms with Crippen LogP contribution in [-0.2, 0) is 24.7 Å². The van der Waals surface area contributed by atoms with Gasteiger partial charge < -0.3 is 14.6 Å². The Kier molecular flexibility index (Phi) is 7.76. The fraction of sp³-hybridized carbons (Fsp3) is 0.481. The number of benzene rings is 1. The average molecular weight is 524 g/mol. The van der Waals surface area contributed by atoms with Gasteiger partial charge in [0.1, 0.15) is 16.8 Å². The Bertz CT molecular complexity index is 1280. The van der Waals surface area contributed by atoms with E-state index in [0.717, 1.165) is 30.6 Å². The number of thioether (sulfide) groups is 1. The average Bonchev–Trinajstić information content (AvgIpc) is 3.37. The molecule has 0 fully saturated rings. The molecule has 1 aromatic carbocycles. The summed E-state index contributed by atoms with van der Waals surface area (Å²) in [5.74, 6) is 2.06. The van der Waals surface area contributed by atoms with Gasteiger partial charge in [0, 0.05) is 11.9 Å². The van der Waals surface area contributed by atoms with Gasteiger partial charge in [-0.1, -0.05) is 50.2 Å². The highest BCUT2D eigenvalue weighted by molar-refractivity contribution is 7.99. The van der Waals surface area contributed by atoms with E-state index < -0.39 is 0 Å². The molecule has 7 nitrogen and oxygen atoms in total. The van der Waals surface area contributed by atoms with Crippen LogP contribution in [0.4, 0.5) is 5.00 Å². The molecule has 190 valence electrons. The van der Waals surface area contributed by atoms with Crippen LogP contribution in [0.25, 0.3) is 0 Å². The van der Waals surface area contributed by atoms with Gasteiger partial charge in [-0.2, -0.15) is 5.26 Å². The van der Waals surface area contributed by atoms with Gasteiger partial charge in [-0.05, 0) is 62.1 Å². The van der Waals surface area contributed by atoms with Crippen LogP contribution in [0.5, 0.6) is 5.75 Å². The summed E-state index contributed by atoms with van der Waals surface area (Å²) in [5.41, 5.74) is 3.14. The van der Waals surface area contributed by atoms with Crippen LogP contribution < -0.4 is 10.1 Å². The second-order valence-electron chi connectivity index (χ2n) is 10.4. The van der Waals surface area contributed by atoms with Crippen molar-refractivity contribution in [2.24, 2.45) is 18.4 Å². The van der Waals surface area contributed by atoms with E-state index in [1.165, 1.54) is 22.2 Å². The third-order valence-electron chi connectivity index (χ3n) is 6.75. The Hall–Kier alpha value is -2.83. The summed E-state index contributed by atoms with van der Waals surface area (Å²) in [5, 5.41) is 22.6. The molecule has 2 aromatic heterocycles. The van der Waals surface area contributed by atoms with Gasteiger partial charge in [0.25, 0.3) is 0 Å². The summed E-state index contributed by atoms with van der Waals surface area (Å²) in [7, 11) is 1.87. The summed E-state index contributed by atoms with van der Waals surface area (Å²) in [6.07, 6.45) is 2.64. The monoisotopic (exact) mass is 523 g/mol. The van der Waals surface area contributed by atoms with Crippen molar-refractivity contribution in [2.75, 3.05) is 11.1 Å². The normalized spacial score (nSPS) is 16.2. The SMILES string of the molecule is Cc1ccc(OC(C)c2nnc(SCC(=O)Nc3sc4c(c3C#N)CCC(C(C)(C)C)C4)n2C)cc1. The Morgan fingerprint density at radius 3 is 2.72 bits per heavy atom. The van der Waals surface area contributed by atoms with Crippen LogP contribution in [0.1, 0.15) is 67.6 Å². The molecule has 4 rings (SSSR count). The number of nitrogens with one attached hydrogen (secondary N) is 1. The largest absolute Gasteiger partial charge is 0.483 e. The molecule has 1 aliphatic rings. The molecule has 2 atom stereocenters. The van der Waals surface area contributed by atoms with Gasteiger partial charge >= 0.3 is 0 Å². The number of amides is 1. The van der Waals surface area contributed by atoms with Gasteiger partial charge in [-0.3, -0.25) is 4.79 Å². The minimum absolute atomic E-state index is 0.157. The number of nitrogens with zero attached hydrogens (tertiary/aromatic N) is 4. The first-order valence-corrected chi connectivity index (χ1v) is 14.0. The van der Waals surface area contributed by atoms with Crippen molar-refractivity contribution in [3.05, 3.63) is 51.7 Å². The molecule has 0 spiro atoms. The first-order chi connectivity index (χ1) is 17.1. The molecule has 3 aromatic rings. The number of nitriles is 1. The van der Waals surface area contributed by atoms with Gasteiger partial charge in [0.2, 0.25) is 5.91 Å². The highest BCUT2D eigenvalue weighted by atomic mass is 32.2. The minimum atomic E-state index is -0.291. The number of carbonyl (C=O) groups is 1. The fourth-order valence-electron chi connectivity index (χ4n) is 4.50. The fourth-order valence-corrected chi connectivity index (χ4v) is 6.52. The van der Waals surface area contributed by atoms with E-state index in [9.17, 15) is 10.1 Å². The van der Waals surface area contributed by atoms with Crippen molar-refractivity contribution < 1.29 is 9.53 Å². The topological polar surface area (TPSA) is 92.8 Å². The number of ether oxygens (including phenoxy) is 1. The molecule has 1 aliphatic carbocycles. The quantitative estimate of drug-likeness (QED) is 0.377. The number of anilines is 1. The minimum Gasteiger partial charge on any atom is -0.483 e. The number of aryl methyl sites for hydroxylation is 1. The van der Waals surface area contributed by atoms with Crippen molar-refractivity contribution in [3.8, 4) is 11.8 Å². The van der Waals surface area contributed by atoms with Crippen molar-refractivity contribution in [3.63, 3.8) is 0 Å². The first-order valence-electron chi connectivity index (χ1n) is 12.2. The number of thiophene rings is 1. The van der Waals surface area contributed by atoms with Crippen LogP contribution in [-0.4, -0.2) is 26.4 Å². The van der Waals surface area contributed by atoms with Crippen LogP contribution in [0.3, 0.4) is 0 Å². The van der Waals surface area contributed by atoms with E-state index in [1.54, 1.807) is 11.3 Å². The molecule has 0 bridgehead atoms. The molecule has 0 saturated heterocycles.